The third-order valence-corrected chi connectivity index (χ3v) is 4.71. The average Bonchev–Trinajstić information content (AvgIpc) is 2.74. The topological polar surface area (TPSA) is 58.6 Å². The van der Waals surface area contributed by atoms with E-state index in [4.69, 9.17) is 4.74 Å². The normalized spacial score (nSPS) is 10.4. The molecule has 0 aliphatic heterocycles. The minimum atomic E-state index is -0.282. The van der Waals surface area contributed by atoms with Crippen LogP contribution in [0.25, 0.3) is 0 Å². The van der Waals surface area contributed by atoms with Crippen LogP contribution in [0.2, 0.25) is 0 Å². The molecule has 2 amide bonds. The van der Waals surface area contributed by atoms with E-state index < -0.39 is 0 Å². The number of ether oxygens (including phenoxy) is 1. The summed E-state index contributed by atoms with van der Waals surface area (Å²) in [6.07, 6.45) is 0. The zero-order chi connectivity index (χ0) is 21.5. The first-order valence-electron chi connectivity index (χ1n) is 9.95. The Labute approximate surface area is 177 Å². The number of rotatable bonds is 7. The number of aryl methyl sites for hydroxylation is 2. The van der Waals surface area contributed by atoms with Crippen molar-refractivity contribution in [3.63, 3.8) is 0 Å². The average molecular weight is 402 g/mol. The Balaban J connectivity index is 1.66. The van der Waals surface area contributed by atoms with E-state index in [2.05, 4.69) is 5.32 Å². The van der Waals surface area contributed by atoms with Gasteiger partial charge in [-0.1, -0.05) is 42.0 Å². The van der Waals surface area contributed by atoms with Crippen LogP contribution >= 0.6 is 0 Å². The lowest BCUT2D eigenvalue weighted by Crippen LogP contribution is -2.30. The van der Waals surface area contributed by atoms with Crippen molar-refractivity contribution in [2.45, 2.75) is 20.8 Å². The second-order valence-electron chi connectivity index (χ2n) is 7.07. The van der Waals surface area contributed by atoms with Crippen LogP contribution in [0, 0.1) is 13.8 Å². The maximum absolute atomic E-state index is 13.0. The van der Waals surface area contributed by atoms with Crippen molar-refractivity contribution < 1.29 is 14.3 Å². The predicted molar refractivity (Wildman–Crippen MR) is 120 cm³/mol. The minimum Gasteiger partial charge on any atom is -0.483 e. The van der Waals surface area contributed by atoms with Crippen molar-refractivity contribution in [2.75, 3.05) is 23.4 Å². The van der Waals surface area contributed by atoms with Crippen LogP contribution in [-0.4, -0.2) is 25.0 Å². The molecule has 0 radical (unpaired) electrons. The summed E-state index contributed by atoms with van der Waals surface area (Å²) in [5, 5.41) is 2.80. The van der Waals surface area contributed by atoms with Crippen molar-refractivity contribution in [3.8, 4) is 5.75 Å². The van der Waals surface area contributed by atoms with Gasteiger partial charge in [0.25, 0.3) is 11.8 Å². The molecule has 154 valence electrons. The summed E-state index contributed by atoms with van der Waals surface area (Å²) in [5.74, 6) is 0.280. The van der Waals surface area contributed by atoms with Crippen LogP contribution in [0.1, 0.15) is 28.4 Å². The fourth-order valence-electron chi connectivity index (χ4n) is 3.24. The number of benzene rings is 3. The highest BCUT2D eigenvalue weighted by Crippen LogP contribution is 2.20. The number of carbonyl (C=O) groups is 2. The Kier molecular flexibility index (Phi) is 6.86. The van der Waals surface area contributed by atoms with Crippen LogP contribution in [0.15, 0.2) is 72.8 Å². The molecule has 0 saturated carbocycles. The van der Waals surface area contributed by atoms with Gasteiger partial charge < -0.3 is 15.0 Å². The van der Waals surface area contributed by atoms with E-state index in [9.17, 15) is 9.59 Å². The summed E-state index contributed by atoms with van der Waals surface area (Å²) in [7, 11) is 0. The van der Waals surface area contributed by atoms with Crippen molar-refractivity contribution >= 4 is 23.2 Å². The van der Waals surface area contributed by atoms with Gasteiger partial charge in [0.2, 0.25) is 0 Å². The second-order valence-corrected chi connectivity index (χ2v) is 7.07. The van der Waals surface area contributed by atoms with Gasteiger partial charge in [-0.05, 0) is 62.7 Å². The minimum absolute atomic E-state index is 0.104. The zero-order valence-corrected chi connectivity index (χ0v) is 17.5. The number of carbonyl (C=O) groups excluding carboxylic acids is 2. The van der Waals surface area contributed by atoms with Crippen molar-refractivity contribution in [3.05, 3.63) is 89.5 Å². The van der Waals surface area contributed by atoms with Gasteiger partial charge in [-0.15, -0.1) is 0 Å². The Bertz CT molecular complexity index is 1030. The van der Waals surface area contributed by atoms with Crippen LogP contribution in [0.3, 0.4) is 0 Å². The van der Waals surface area contributed by atoms with Gasteiger partial charge in [-0.3, -0.25) is 9.59 Å². The molecule has 3 aromatic carbocycles. The standard InChI is InChI=1S/C25H26N2O3/c1-4-27(22-11-6-5-7-12-22)25(29)20-9-8-10-21(16-20)26-24(28)17-30-23-14-13-18(2)15-19(23)3/h5-16H,4,17H2,1-3H3,(H,26,28). The third-order valence-electron chi connectivity index (χ3n) is 4.71. The van der Waals surface area contributed by atoms with E-state index in [0.29, 0.717) is 23.5 Å². The third kappa shape index (κ3) is 5.26. The SMILES string of the molecule is CCN(C(=O)c1cccc(NC(=O)COc2ccc(C)cc2C)c1)c1ccccc1. The van der Waals surface area contributed by atoms with Gasteiger partial charge in [0.1, 0.15) is 5.75 Å². The number of hydrogen-bond donors (Lipinski definition) is 1. The van der Waals surface area contributed by atoms with E-state index in [1.54, 1.807) is 29.2 Å². The lowest BCUT2D eigenvalue weighted by Gasteiger charge is -2.21. The number of nitrogens with one attached hydrogen (secondary N) is 1. The molecule has 0 atom stereocenters. The Hall–Kier alpha value is -3.60. The molecule has 0 fully saturated rings. The van der Waals surface area contributed by atoms with E-state index >= 15 is 0 Å². The number of para-hydroxylation sites is 1. The van der Waals surface area contributed by atoms with Crippen LogP contribution < -0.4 is 15.0 Å². The highest BCUT2D eigenvalue weighted by molar-refractivity contribution is 6.07. The summed E-state index contributed by atoms with van der Waals surface area (Å²) >= 11 is 0. The highest BCUT2D eigenvalue weighted by Gasteiger charge is 2.16. The quantitative estimate of drug-likeness (QED) is 0.606. The largest absolute Gasteiger partial charge is 0.483 e. The highest BCUT2D eigenvalue weighted by atomic mass is 16.5. The second kappa shape index (κ2) is 9.74. The number of amides is 2. The maximum Gasteiger partial charge on any atom is 0.262 e. The number of anilines is 2. The van der Waals surface area contributed by atoms with Gasteiger partial charge in [0, 0.05) is 23.5 Å². The molecule has 0 aliphatic carbocycles. The first kappa shape index (κ1) is 21.1. The fraction of sp³-hybridized carbons (Fsp3) is 0.200. The molecule has 1 N–H and O–H groups in total. The van der Waals surface area contributed by atoms with Crippen molar-refractivity contribution in [2.24, 2.45) is 0 Å². The molecule has 0 heterocycles. The zero-order valence-electron chi connectivity index (χ0n) is 17.5. The fourth-order valence-corrected chi connectivity index (χ4v) is 3.24. The summed E-state index contributed by atoms with van der Waals surface area (Å²) < 4.78 is 5.63. The molecule has 3 aromatic rings. The lowest BCUT2D eigenvalue weighted by atomic mass is 10.1. The molecular weight excluding hydrogens is 376 g/mol. The maximum atomic E-state index is 13.0. The van der Waals surface area contributed by atoms with Gasteiger partial charge >= 0.3 is 0 Å². The molecular formula is C25H26N2O3. The van der Waals surface area contributed by atoms with E-state index in [1.165, 1.54) is 0 Å². The summed E-state index contributed by atoms with van der Waals surface area (Å²) in [4.78, 5) is 27.0. The van der Waals surface area contributed by atoms with E-state index in [0.717, 1.165) is 16.8 Å². The Morgan fingerprint density at radius 2 is 1.70 bits per heavy atom. The Morgan fingerprint density at radius 1 is 0.933 bits per heavy atom. The molecule has 5 heteroatoms. The molecule has 0 aliphatic rings. The predicted octanol–water partition coefficient (Wildman–Crippen LogP) is 4.99. The lowest BCUT2D eigenvalue weighted by molar-refractivity contribution is -0.118. The van der Waals surface area contributed by atoms with Crippen LogP contribution in [0.4, 0.5) is 11.4 Å². The Morgan fingerprint density at radius 3 is 2.40 bits per heavy atom. The van der Waals surface area contributed by atoms with Gasteiger partial charge in [-0.25, -0.2) is 0 Å². The van der Waals surface area contributed by atoms with Crippen molar-refractivity contribution in [1.82, 2.24) is 0 Å². The molecule has 5 nitrogen and oxygen atoms in total. The molecule has 0 bridgehead atoms. The summed E-state index contributed by atoms with van der Waals surface area (Å²) in [6, 6.07) is 22.3. The van der Waals surface area contributed by atoms with Gasteiger partial charge in [0.05, 0.1) is 0 Å². The molecule has 0 aromatic heterocycles. The molecule has 30 heavy (non-hydrogen) atoms. The van der Waals surface area contributed by atoms with Crippen LogP contribution in [0.5, 0.6) is 5.75 Å². The summed E-state index contributed by atoms with van der Waals surface area (Å²) in [5.41, 5.74) is 4.02. The first-order chi connectivity index (χ1) is 14.5. The molecule has 0 spiro atoms. The van der Waals surface area contributed by atoms with Crippen molar-refractivity contribution in [1.29, 1.82) is 0 Å². The monoisotopic (exact) mass is 402 g/mol. The van der Waals surface area contributed by atoms with Gasteiger partial charge in [0.15, 0.2) is 6.61 Å². The molecule has 0 saturated heterocycles. The van der Waals surface area contributed by atoms with Crippen LogP contribution in [-0.2, 0) is 4.79 Å². The number of nitrogens with zero attached hydrogens (tertiary/aromatic N) is 1. The van der Waals surface area contributed by atoms with E-state index in [-0.39, 0.29) is 18.4 Å². The van der Waals surface area contributed by atoms with E-state index in [1.807, 2.05) is 69.3 Å². The summed E-state index contributed by atoms with van der Waals surface area (Å²) in [6.45, 7) is 6.33. The number of hydrogen-bond acceptors (Lipinski definition) is 3. The van der Waals surface area contributed by atoms with Gasteiger partial charge in [-0.2, -0.15) is 0 Å². The molecule has 3 rings (SSSR count). The first-order valence-corrected chi connectivity index (χ1v) is 9.95. The molecule has 0 unspecified atom stereocenters. The smallest absolute Gasteiger partial charge is 0.262 e.